The number of hydroxylamine groups is 1. The topological polar surface area (TPSA) is 74.2 Å². The zero-order chi connectivity index (χ0) is 26.6. The molecule has 2 aromatic carbocycles. The number of carbonyl (C=O) groups is 1. The van der Waals surface area contributed by atoms with Crippen LogP contribution in [0.2, 0.25) is 0 Å². The Balaban J connectivity index is 1.57. The van der Waals surface area contributed by atoms with Crippen molar-refractivity contribution in [1.29, 1.82) is 0 Å². The molecule has 1 saturated carbocycles. The Hall–Kier alpha value is -3.23. The molecule has 0 atom stereocenters. The number of amides is 1. The zero-order valence-electron chi connectivity index (χ0n) is 22.9. The van der Waals surface area contributed by atoms with Gasteiger partial charge in [-0.15, -0.1) is 0 Å². The summed E-state index contributed by atoms with van der Waals surface area (Å²) in [6, 6.07) is 14.8. The van der Waals surface area contributed by atoms with Gasteiger partial charge < -0.3 is 18.8 Å². The molecule has 1 N–H and O–H groups in total. The van der Waals surface area contributed by atoms with Crippen molar-refractivity contribution >= 4 is 28.4 Å². The van der Waals surface area contributed by atoms with E-state index in [1.54, 1.807) is 0 Å². The van der Waals surface area contributed by atoms with Crippen molar-refractivity contribution in [1.82, 2.24) is 4.57 Å². The molecular formula is C30H39N3O5. The van der Waals surface area contributed by atoms with Gasteiger partial charge >= 0.3 is 6.09 Å². The number of rotatable bonds is 9. The van der Waals surface area contributed by atoms with Gasteiger partial charge in [0.1, 0.15) is 11.9 Å². The van der Waals surface area contributed by atoms with Crippen LogP contribution >= 0.6 is 0 Å². The predicted octanol–water partition coefficient (Wildman–Crippen LogP) is 6.94. The second-order valence-corrected chi connectivity index (χ2v) is 10.3. The molecule has 0 spiro atoms. The van der Waals surface area contributed by atoms with Crippen molar-refractivity contribution in [2.24, 2.45) is 0 Å². The van der Waals surface area contributed by atoms with E-state index < -0.39 is 6.09 Å². The molecule has 1 amide bonds. The quantitative estimate of drug-likeness (QED) is 0.308. The lowest BCUT2D eigenvalue weighted by atomic mass is 9.92. The summed E-state index contributed by atoms with van der Waals surface area (Å²) < 4.78 is 19.6. The minimum atomic E-state index is -0.454. The summed E-state index contributed by atoms with van der Waals surface area (Å²) in [6.07, 6.45) is 4.88. The van der Waals surface area contributed by atoms with Crippen LogP contribution in [-0.2, 0) is 14.3 Å². The van der Waals surface area contributed by atoms with Crippen LogP contribution in [0.4, 0.5) is 16.2 Å². The lowest BCUT2D eigenvalue weighted by Gasteiger charge is -2.31. The third-order valence-electron chi connectivity index (χ3n) is 7.25. The number of ether oxygens (including phenoxy) is 3. The van der Waals surface area contributed by atoms with Gasteiger partial charge in [-0.2, -0.15) is 0 Å². The van der Waals surface area contributed by atoms with Crippen LogP contribution in [0.5, 0.6) is 5.75 Å². The lowest BCUT2D eigenvalue weighted by molar-refractivity contribution is 0.0256. The molecule has 38 heavy (non-hydrogen) atoms. The maximum Gasteiger partial charge on any atom is 0.411 e. The van der Waals surface area contributed by atoms with Crippen LogP contribution in [0.15, 0.2) is 42.5 Å². The number of carbonyl (C=O) groups excluding carboxylic acids is 1. The highest BCUT2D eigenvalue weighted by molar-refractivity contribution is 6.03. The van der Waals surface area contributed by atoms with Gasteiger partial charge in [0.05, 0.1) is 42.8 Å². The van der Waals surface area contributed by atoms with Gasteiger partial charge in [0, 0.05) is 48.6 Å². The molecule has 2 fully saturated rings. The van der Waals surface area contributed by atoms with E-state index in [0.29, 0.717) is 18.3 Å². The highest BCUT2D eigenvalue weighted by Gasteiger charge is 2.30. The first kappa shape index (κ1) is 26.4. The molecule has 1 aliphatic carbocycles. The van der Waals surface area contributed by atoms with E-state index in [4.69, 9.17) is 19.0 Å². The Morgan fingerprint density at radius 2 is 1.84 bits per heavy atom. The summed E-state index contributed by atoms with van der Waals surface area (Å²) in [5, 5.41) is 5.83. The van der Waals surface area contributed by atoms with Gasteiger partial charge in [-0.05, 0) is 64.3 Å². The van der Waals surface area contributed by atoms with Crippen molar-refractivity contribution in [3.63, 3.8) is 0 Å². The summed E-state index contributed by atoms with van der Waals surface area (Å²) in [5.74, 6) is 0.892. The average molecular weight is 522 g/mol. The number of fused-ring (bicyclic) bond motifs is 1. The second kappa shape index (κ2) is 11.7. The van der Waals surface area contributed by atoms with E-state index in [9.17, 15) is 4.79 Å². The molecule has 2 aliphatic rings. The normalized spacial score (nSPS) is 16.4. The second-order valence-electron chi connectivity index (χ2n) is 10.3. The fourth-order valence-electron chi connectivity index (χ4n) is 5.28. The van der Waals surface area contributed by atoms with Crippen molar-refractivity contribution in [3.05, 3.63) is 42.5 Å². The maximum atomic E-state index is 12.1. The molecule has 0 bridgehead atoms. The molecule has 3 aromatic rings. The predicted molar refractivity (Wildman–Crippen MR) is 150 cm³/mol. The third kappa shape index (κ3) is 5.61. The van der Waals surface area contributed by atoms with Crippen molar-refractivity contribution in [3.8, 4) is 17.0 Å². The number of hydrogen-bond acceptors (Lipinski definition) is 6. The monoisotopic (exact) mass is 521 g/mol. The van der Waals surface area contributed by atoms with Gasteiger partial charge in [-0.25, -0.2) is 4.79 Å². The Bertz CT molecular complexity index is 1240. The Morgan fingerprint density at radius 3 is 2.47 bits per heavy atom. The standard InChI is InChI=1S/C30H39N3O5/c1-5-36-32(4)29-26-14-13-25(38-24-15-17-35-18-16-24)19-27(26)33(23-7-6-8-23)28(29)21-9-11-22(12-10-21)31-30(34)37-20(2)3/h9-14,19-20,23-24H,5-8,15-18H2,1-4H3,(H,31,34). The minimum Gasteiger partial charge on any atom is -0.490 e. The molecule has 8 nitrogen and oxygen atoms in total. The first-order valence-corrected chi connectivity index (χ1v) is 13.8. The van der Waals surface area contributed by atoms with Crippen molar-refractivity contribution in [2.75, 3.05) is 37.2 Å². The molecular weight excluding hydrogens is 482 g/mol. The molecule has 204 valence electrons. The minimum absolute atomic E-state index is 0.176. The summed E-state index contributed by atoms with van der Waals surface area (Å²) >= 11 is 0. The molecule has 2 heterocycles. The van der Waals surface area contributed by atoms with E-state index in [-0.39, 0.29) is 12.2 Å². The van der Waals surface area contributed by atoms with E-state index >= 15 is 0 Å². The third-order valence-corrected chi connectivity index (χ3v) is 7.25. The SMILES string of the molecule is CCON(C)c1c(-c2ccc(NC(=O)OC(C)C)cc2)n(C2CCC2)c2cc(OC3CCOCC3)ccc12. The summed E-state index contributed by atoms with van der Waals surface area (Å²) in [5.41, 5.74) is 5.05. The van der Waals surface area contributed by atoms with Gasteiger partial charge in [0.2, 0.25) is 0 Å². The van der Waals surface area contributed by atoms with Crippen molar-refractivity contribution in [2.45, 2.75) is 71.1 Å². The zero-order valence-corrected chi connectivity index (χ0v) is 22.9. The summed E-state index contributed by atoms with van der Waals surface area (Å²) in [7, 11) is 1.97. The molecule has 1 aromatic heterocycles. The highest BCUT2D eigenvalue weighted by Crippen LogP contribution is 2.47. The molecule has 1 aliphatic heterocycles. The molecule has 1 saturated heterocycles. The first-order chi connectivity index (χ1) is 18.4. The van der Waals surface area contributed by atoms with Crippen LogP contribution in [-0.4, -0.2) is 49.7 Å². The number of hydrogen-bond donors (Lipinski definition) is 1. The first-order valence-electron chi connectivity index (χ1n) is 13.8. The fourth-order valence-corrected chi connectivity index (χ4v) is 5.28. The average Bonchev–Trinajstić information content (AvgIpc) is 3.18. The largest absolute Gasteiger partial charge is 0.490 e. The van der Waals surface area contributed by atoms with Gasteiger partial charge in [-0.3, -0.25) is 15.2 Å². The fraction of sp³-hybridized carbons (Fsp3) is 0.500. The van der Waals surface area contributed by atoms with E-state index in [1.807, 2.05) is 45.0 Å². The van der Waals surface area contributed by atoms with E-state index in [1.165, 1.54) is 6.42 Å². The number of aromatic nitrogens is 1. The van der Waals surface area contributed by atoms with Crippen LogP contribution in [0.3, 0.4) is 0 Å². The molecule has 5 rings (SSSR count). The molecule has 8 heteroatoms. The van der Waals surface area contributed by atoms with Crippen molar-refractivity contribution < 1.29 is 23.8 Å². The van der Waals surface area contributed by atoms with Gasteiger partial charge in [-0.1, -0.05) is 12.1 Å². The molecule has 0 radical (unpaired) electrons. The Kier molecular flexibility index (Phi) is 8.09. The van der Waals surface area contributed by atoms with Crippen LogP contribution in [0.1, 0.15) is 58.9 Å². The van der Waals surface area contributed by atoms with E-state index in [0.717, 1.165) is 72.5 Å². The van der Waals surface area contributed by atoms with E-state index in [2.05, 4.69) is 40.2 Å². The number of nitrogens with zero attached hydrogens (tertiary/aromatic N) is 2. The maximum absolute atomic E-state index is 12.1. The Labute approximate surface area is 224 Å². The summed E-state index contributed by atoms with van der Waals surface area (Å²) in [6.45, 7) is 7.73. The van der Waals surface area contributed by atoms with Crippen LogP contribution < -0.4 is 15.1 Å². The lowest BCUT2D eigenvalue weighted by Crippen LogP contribution is -2.25. The molecule has 0 unspecified atom stereocenters. The van der Waals surface area contributed by atoms with Gasteiger partial charge in [0.15, 0.2) is 0 Å². The summed E-state index contributed by atoms with van der Waals surface area (Å²) in [4.78, 5) is 18.1. The number of benzene rings is 2. The Morgan fingerprint density at radius 1 is 1.11 bits per heavy atom. The highest BCUT2D eigenvalue weighted by atomic mass is 16.7. The van der Waals surface area contributed by atoms with Crippen LogP contribution in [0.25, 0.3) is 22.2 Å². The smallest absolute Gasteiger partial charge is 0.411 e. The number of anilines is 2. The van der Waals surface area contributed by atoms with Gasteiger partial charge in [0.25, 0.3) is 0 Å². The van der Waals surface area contributed by atoms with Crippen LogP contribution in [0, 0.1) is 0 Å². The number of nitrogens with one attached hydrogen (secondary N) is 1.